The van der Waals surface area contributed by atoms with Crippen LogP contribution in [0.15, 0.2) is 97.1 Å². The zero-order chi connectivity index (χ0) is 26.0. The molecule has 2 aliphatic heterocycles. The normalized spacial score (nSPS) is 15.4. The largest absolute Gasteiger partial charge is 0.406 e. The highest BCUT2D eigenvalue weighted by Crippen LogP contribution is 2.30. The lowest BCUT2D eigenvalue weighted by atomic mass is 9.38. The average molecular weight is 492 g/mol. The molecule has 1 atom stereocenters. The third-order valence-corrected chi connectivity index (χ3v) is 8.73. The first kappa shape index (κ1) is 23.2. The lowest BCUT2D eigenvalue weighted by Crippen LogP contribution is -2.69. The zero-order valence-electron chi connectivity index (χ0n) is 22.7. The number of rotatable bonds is 2. The van der Waals surface area contributed by atoms with Crippen LogP contribution >= 0.6 is 0 Å². The van der Waals surface area contributed by atoms with Gasteiger partial charge in [-0.2, -0.15) is 9.13 Å². The van der Waals surface area contributed by atoms with E-state index in [-0.39, 0.29) is 6.71 Å². The molecule has 0 fully saturated rings. The van der Waals surface area contributed by atoms with Crippen LogP contribution in [-0.4, -0.2) is 6.71 Å². The fraction of sp³-hybridized carbons (Fsp3) is 0.200. The van der Waals surface area contributed by atoms with Crippen molar-refractivity contribution in [1.82, 2.24) is 0 Å². The monoisotopic (exact) mass is 492 g/mol. The maximum absolute atomic E-state index is 2.68. The van der Waals surface area contributed by atoms with Gasteiger partial charge in [0.2, 0.25) is 24.0 Å². The fourth-order valence-electron chi connectivity index (χ4n) is 7.25. The standard InChI is InChI=1S/C35H33BN2/c1-23-19-25(3)35(26(4)20-23)36-33-17-9-15-31(29-13-7-5-11-24(29)2)37(33)22-28-21-27-12-6-8-14-30(27)32-16-10-18-34(36)38(28)32/h5-20,28H,21-22H2,1-4H3/q+2. The summed E-state index contributed by atoms with van der Waals surface area (Å²) in [4.78, 5) is 0. The van der Waals surface area contributed by atoms with Gasteiger partial charge in [0, 0.05) is 29.7 Å². The molecule has 2 aliphatic rings. The third-order valence-electron chi connectivity index (χ3n) is 8.73. The molecular formula is C35H33BN2+2. The van der Waals surface area contributed by atoms with Gasteiger partial charge in [0.25, 0.3) is 0 Å². The second-order valence-electron chi connectivity index (χ2n) is 11.2. The van der Waals surface area contributed by atoms with E-state index >= 15 is 0 Å². The molecule has 0 N–H and O–H groups in total. The van der Waals surface area contributed by atoms with Crippen LogP contribution in [0, 0.1) is 27.7 Å². The van der Waals surface area contributed by atoms with Crippen LogP contribution in [0.25, 0.3) is 22.5 Å². The van der Waals surface area contributed by atoms with Gasteiger partial charge in [0.05, 0.1) is 0 Å². The highest BCUT2D eigenvalue weighted by molar-refractivity contribution is 6.94. The highest BCUT2D eigenvalue weighted by Gasteiger charge is 2.49. The van der Waals surface area contributed by atoms with E-state index in [0.717, 1.165) is 13.0 Å². The van der Waals surface area contributed by atoms with Gasteiger partial charge in [-0.1, -0.05) is 77.4 Å². The van der Waals surface area contributed by atoms with Crippen molar-refractivity contribution in [2.75, 3.05) is 0 Å². The molecule has 0 aliphatic carbocycles. The molecule has 3 heteroatoms. The van der Waals surface area contributed by atoms with Crippen molar-refractivity contribution in [2.24, 2.45) is 0 Å². The maximum Gasteiger partial charge on any atom is 0.406 e. The summed E-state index contributed by atoms with van der Waals surface area (Å²) < 4.78 is 5.32. The molecule has 0 spiro atoms. The Labute approximate surface area is 226 Å². The van der Waals surface area contributed by atoms with Gasteiger partial charge in [-0.05, 0) is 68.6 Å². The number of fused-ring (bicyclic) bond motifs is 3. The molecule has 184 valence electrons. The number of benzene rings is 3. The Morgan fingerprint density at radius 3 is 2.05 bits per heavy atom. The number of aromatic nitrogens is 2. The number of aryl methyl sites for hydroxylation is 4. The van der Waals surface area contributed by atoms with Crippen LogP contribution in [0.1, 0.15) is 33.9 Å². The molecular weight excluding hydrogens is 459 g/mol. The third kappa shape index (κ3) is 3.49. The van der Waals surface area contributed by atoms with E-state index in [1.54, 1.807) is 0 Å². The minimum Gasteiger partial charge on any atom is -0.197 e. The van der Waals surface area contributed by atoms with Gasteiger partial charge in [-0.15, -0.1) is 0 Å². The van der Waals surface area contributed by atoms with Crippen molar-refractivity contribution in [3.05, 3.63) is 125 Å². The van der Waals surface area contributed by atoms with Crippen LogP contribution in [0.4, 0.5) is 0 Å². The summed E-state index contributed by atoms with van der Waals surface area (Å²) in [5, 5.41) is 0. The second kappa shape index (κ2) is 8.80. The van der Waals surface area contributed by atoms with Gasteiger partial charge in [0.1, 0.15) is 0 Å². The molecule has 4 heterocycles. The molecule has 2 aromatic heterocycles. The molecule has 38 heavy (non-hydrogen) atoms. The molecule has 1 unspecified atom stereocenters. The Balaban J connectivity index is 1.58. The first-order valence-corrected chi connectivity index (χ1v) is 13.8. The summed E-state index contributed by atoms with van der Waals surface area (Å²) in [7, 11) is 0. The Bertz CT molecular complexity index is 1710. The second-order valence-corrected chi connectivity index (χ2v) is 11.2. The summed E-state index contributed by atoms with van der Waals surface area (Å²) in [6.45, 7) is 10.1. The van der Waals surface area contributed by atoms with Crippen molar-refractivity contribution < 1.29 is 9.13 Å². The van der Waals surface area contributed by atoms with E-state index in [2.05, 4.69) is 134 Å². The quantitative estimate of drug-likeness (QED) is 0.254. The van der Waals surface area contributed by atoms with E-state index < -0.39 is 0 Å². The van der Waals surface area contributed by atoms with Crippen molar-refractivity contribution in [2.45, 2.75) is 46.7 Å². The molecule has 0 bridgehead atoms. The summed E-state index contributed by atoms with van der Waals surface area (Å²) in [5.41, 5.74) is 16.4. The molecule has 7 rings (SSSR count). The molecule has 5 aromatic rings. The van der Waals surface area contributed by atoms with E-state index in [1.165, 1.54) is 67.0 Å². The summed E-state index contributed by atoms with van der Waals surface area (Å²) in [6, 6.07) is 36.8. The zero-order valence-corrected chi connectivity index (χ0v) is 22.7. The van der Waals surface area contributed by atoms with Crippen molar-refractivity contribution in [1.29, 1.82) is 0 Å². The van der Waals surface area contributed by atoms with Gasteiger partial charge in [0.15, 0.2) is 11.2 Å². The fourth-order valence-corrected chi connectivity index (χ4v) is 7.25. The van der Waals surface area contributed by atoms with E-state index in [0.29, 0.717) is 6.04 Å². The van der Waals surface area contributed by atoms with Gasteiger partial charge < -0.3 is 0 Å². The first-order chi connectivity index (χ1) is 18.5. The number of hydrogen-bond acceptors (Lipinski definition) is 0. The predicted molar refractivity (Wildman–Crippen MR) is 157 cm³/mol. The lowest BCUT2D eigenvalue weighted by molar-refractivity contribution is -0.770. The van der Waals surface area contributed by atoms with Crippen molar-refractivity contribution in [3.63, 3.8) is 0 Å². The van der Waals surface area contributed by atoms with E-state index in [4.69, 9.17) is 0 Å². The van der Waals surface area contributed by atoms with E-state index in [1.807, 2.05) is 0 Å². The Morgan fingerprint density at radius 1 is 0.632 bits per heavy atom. The van der Waals surface area contributed by atoms with Crippen LogP contribution < -0.4 is 25.8 Å². The predicted octanol–water partition coefficient (Wildman–Crippen LogP) is 4.46. The van der Waals surface area contributed by atoms with Crippen LogP contribution in [0.5, 0.6) is 0 Å². The van der Waals surface area contributed by atoms with Gasteiger partial charge in [-0.3, -0.25) is 0 Å². The molecule has 0 saturated carbocycles. The highest BCUT2D eigenvalue weighted by atomic mass is 15.1. The molecule has 3 aromatic carbocycles. The van der Waals surface area contributed by atoms with Crippen LogP contribution in [-0.2, 0) is 13.0 Å². The smallest absolute Gasteiger partial charge is 0.197 e. The lowest BCUT2D eigenvalue weighted by Gasteiger charge is -2.22. The minimum absolute atomic E-state index is 0.148. The molecule has 0 radical (unpaired) electrons. The maximum atomic E-state index is 2.68. The van der Waals surface area contributed by atoms with Gasteiger partial charge in [-0.25, -0.2) is 0 Å². The van der Waals surface area contributed by atoms with E-state index in [9.17, 15) is 0 Å². The number of nitrogens with zero attached hydrogens (tertiary/aromatic N) is 2. The summed E-state index contributed by atoms with van der Waals surface area (Å²) in [5.74, 6) is 0. The molecule has 2 nitrogen and oxygen atoms in total. The Morgan fingerprint density at radius 2 is 1.29 bits per heavy atom. The topological polar surface area (TPSA) is 7.76 Å². The average Bonchev–Trinajstić information content (AvgIpc) is 3.04. The van der Waals surface area contributed by atoms with Crippen LogP contribution in [0.2, 0.25) is 0 Å². The van der Waals surface area contributed by atoms with Crippen molar-refractivity contribution in [3.8, 4) is 22.5 Å². The summed E-state index contributed by atoms with van der Waals surface area (Å²) in [6.07, 6.45) is 1.04. The number of hydrogen-bond donors (Lipinski definition) is 0. The summed E-state index contributed by atoms with van der Waals surface area (Å²) >= 11 is 0. The first-order valence-electron chi connectivity index (χ1n) is 13.8. The van der Waals surface area contributed by atoms with Gasteiger partial charge >= 0.3 is 6.71 Å². The SMILES string of the molecule is Cc1cc(C)c(B2c3cccc(-c4ccccc4C)[n+]3CC3Cc4ccccc4-c4cccc2[n+]43)c(C)c1. The molecule has 0 saturated heterocycles. The van der Waals surface area contributed by atoms with Crippen molar-refractivity contribution >= 4 is 23.4 Å². The molecule has 0 amide bonds. The number of pyridine rings is 2. The Hall–Kier alpha value is -3.98. The Kier molecular flexibility index (Phi) is 5.37. The minimum atomic E-state index is 0.148. The van der Waals surface area contributed by atoms with Crippen LogP contribution in [0.3, 0.4) is 0 Å².